The molecule has 0 saturated carbocycles. The van der Waals surface area contributed by atoms with E-state index in [9.17, 15) is 31.5 Å². The highest BCUT2D eigenvalue weighted by atomic mass is 19.4. The summed E-state index contributed by atoms with van der Waals surface area (Å²) in [7, 11) is 1.43. The van der Waals surface area contributed by atoms with Crippen molar-refractivity contribution in [2.75, 3.05) is 13.1 Å². The normalized spacial score (nSPS) is 16.0. The number of likely N-dealkylation sites (tertiary alicyclic amines) is 1. The number of carbonyl (C=O) groups is 1. The molecule has 0 bridgehead atoms. The van der Waals surface area contributed by atoms with E-state index in [2.05, 4.69) is 4.98 Å². The molecule has 0 unspecified atom stereocenters. The molecule has 1 aliphatic rings. The summed E-state index contributed by atoms with van der Waals surface area (Å²) in [5.41, 5.74) is -0.430. The maximum atomic E-state index is 13.0. The molecule has 0 aliphatic carbocycles. The molecule has 1 saturated heterocycles. The van der Waals surface area contributed by atoms with Crippen LogP contribution in [-0.4, -0.2) is 43.9 Å². The zero-order chi connectivity index (χ0) is 21.8. The second-order valence-corrected chi connectivity index (χ2v) is 7.18. The molecule has 6 nitrogen and oxygen atoms in total. The van der Waals surface area contributed by atoms with Crippen LogP contribution in [0.5, 0.6) is 0 Å². The summed E-state index contributed by atoms with van der Waals surface area (Å²) < 4.78 is 67.3. The van der Waals surface area contributed by atoms with Crippen molar-refractivity contribution in [2.45, 2.75) is 18.6 Å². The minimum absolute atomic E-state index is 0.220. The number of alkyl halides is 5. The smallest absolute Gasteiger partial charge is 0.329 e. The Morgan fingerprint density at radius 1 is 1.17 bits per heavy atom. The summed E-state index contributed by atoms with van der Waals surface area (Å²) in [5, 5.41) is 0. The van der Waals surface area contributed by atoms with Gasteiger partial charge < -0.3 is 4.90 Å². The summed E-state index contributed by atoms with van der Waals surface area (Å²) in [4.78, 5) is 29.9. The second kappa shape index (κ2) is 6.64. The summed E-state index contributed by atoms with van der Waals surface area (Å²) in [6.45, 7) is -1.89. The molecular formula is C19H15F5N4O2. The maximum Gasteiger partial charge on any atom is 0.416 e. The molecule has 11 heteroatoms. The Kier molecular flexibility index (Phi) is 4.44. The minimum Gasteiger partial charge on any atom is -0.329 e. The molecule has 3 heterocycles. The van der Waals surface area contributed by atoms with E-state index in [1.54, 1.807) is 0 Å². The van der Waals surface area contributed by atoms with Crippen molar-refractivity contribution in [2.24, 2.45) is 7.05 Å². The van der Waals surface area contributed by atoms with Gasteiger partial charge in [-0.2, -0.15) is 13.2 Å². The van der Waals surface area contributed by atoms with Crippen molar-refractivity contribution in [3.8, 4) is 11.1 Å². The number of aromatic nitrogens is 3. The number of carbonyl (C=O) groups excluding carboxylic acids is 1. The number of pyridine rings is 1. The van der Waals surface area contributed by atoms with Crippen LogP contribution in [0.4, 0.5) is 22.0 Å². The lowest BCUT2D eigenvalue weighted by molar-refractivity contribution is -0.166. The lowest BCUT2D eigenvalue weighted by Crippen LogP contribution is -2.59. The largest absolute Gasteiger partial charge is 0.416 e. The molecule has 1 amide bonds. The number of halogens is 5. The monoisotopic (exact) mass is 426 g/mol. The molecule has 4 rings (SSSR count). The Morgan fingerprint density at radius 3 is 2.50 bits per heavy atom. The van der Waals surface area contributed by atoms with Crippen molar-refractivity contribution >= 4 is 17.1 Å². The van der Waals surface area contributed by atoms with Crippen molar-refractivity contribution in [3.05, 3.63) is 52.6 Å². The van der Waals surface area contributed by atoms with Crippen molar-refractivity contribution in [1.29, 1.82) is 0 Å². The number of fused-ring (bicyclic) bond motifs is 1. The first-order valence-corrected chi connectivity index (χ1v) is 8.85. The quantitative estimate of drug-likeness (QED) is 0.606. The van der Waals surface area contributed by atoms with E-state index in [0.717, 1.165) is 21.6 Å². The van der Waals surface area contributed by atoms with E-state index in [4.69, 9.17) is 0 Å². The van der Waals surface area contributed by atoms with Gasteiger partial charge in [-0.25, -0.2) is 18.6 Å². The van der Waals surface area contributed by atoms with E-state index >= 15 is 0 Å². The Balaban J connectivity index is 1.73. The van der Waals surface area contributed by atoms with E-state index < -0.39 is 48.9 Å². The highest BCUT2D eigenvalue weighted by Crippen LogP contribution is 2.32. The van der Waals surface area contributed by atoms with Crippen LogP contribution < -0.4 is 5.69 Å². The van der Waals surface area contributed by atoms with Gasteiger partial charge in [-0.05, 0) is 23.8 Å². The Bertz CT molecular complexity index is 1200. The zero-order valence-corrected chi connectivity index (χ0v) is 15.6. The molecule has 1 fully saturated rings. The number of aryl methyl sites for hydroxylation is 1. The summed E-state index contributed by atoms with van der Waals surface area (Å²) in [6.07, 6.45) is -3.19. The van der Waals surface area contributed by atoms with Gasteiger partial charge in [-0.15, -0.1) is 0 Å². The molecule has 0 spiro atoms. The number of imidazole rings is 1. The topological polar surface area (TPSA) is 60.1 Å². The molecule has 158 valence electrons. The second-order valence-electron chi connectivity index (χ2n) is 7.18. The molecule has 1 aromatic carbocycles. The predicted molar refractivity (Wildman–Crippen MR) is 96.9 cm³/mol. The van der Waals surface area contributed by atoms with E-state index in [1.165, 1.54) is 36.0 Å². The molecule has 0 N–H and O–H groups in total. The molecule has 30 heavy (non-hydrogen) atoms. The van der Waals surface area contributed by atoms with Gasteiger partial charge in [0.05, 0.1) is 24.2 Å². The zero-order valence-electron chi connectivity index (χ0n) is 15.6. The first-order chi connectivity index (χ1) is 14.0. The molecule has 2 aromatic heterocycles. The first-order valence-electron chi connectivity index (χ1n) is 8.85. The van der Waals surface area contributed by atoms with E-state index in [-0.39, 0.29) is 16.7 Å². The van der Waals surface area contributed by atoms with Gasteiger partial charge in [0.15, 0.2) is 5.65 Å². The third-order valence-electron chi connectivity index (χ3n) is 4.99. The first kappa shape index (κ1) is 20.0. The lowest BCUT2D eigenvalue weighted by atomic mass is 10.0. The van der Waals surface area contributed by atoms with Gasteiger partial charge in [0.25, 0.3) is 5.92 Å². The molecular weight excluding hydrogens is 411 g/mol. The molecule has 0 atom stereocenters. The highest BCUT2D eigenvalue weighted by molar-refractivity contribution is 5.82. The third kappa shape index (κ3) is 3.44. The molecule has 0 radical (unpaired) electrons. The van der Waals surface area contributed by atoms with E-state index in [1.807, 2.05) is 0 Å². The number of amides is 1. The van der Waals surface area contributed by atoms with Crippen LogP contribution in [0, 0.1) is 0 Å². The standard InChI is InChI=1S/C19H15F5N4O2/c1-26-16-14(28(17(26)30)8-15(29)27-9-18(20,21)10-27)6-12(7-25-16)11-3-2-4-13(5-11)19(22,23)24/h2-7H,8-10H2,1H3. The lowest BCUT2D eigenvalue weighted by Gasteiger charge is -2.38. The number of rotatable bonds is 3. The summed E-state index contributed by atoms with van der Waals surface area (Å²) in [6, 6.07) is 6.08. The van der Waals surface area contributed by atoms with Crippen molar-refractivity contribution in [1.82, 2.24) is 19.0 Å². The predicted octanol–water partition coefficient (Wildman–Crippen LogP) is 2.90. The fraction of sp³-hybridized carbons (Fsp3) is 0.316. The number of hydrogen-bond acceptors (Lipinski definition) is 3. The van der Waals surface area contributed by atoms with Crippen molar-refractivity contribution in [3.63, 3.8) is 0 Å². The van der Waals surface area contributed by atoms with Gasteiger partial charge in [-0.1, -0.05) is 12.1 Å². The molecule has 1 aliphatic heterocycles. The van der Waals surface area contributed by atoms with Crippen LogP contribution in [-0.2, 0) is 24.6 Å². The summed E-state index contributed by atoms with van der Waals surface area (Å²) in [5.74, 6) is -3.59. The number of hydrogen-bond donors (Lipinski definition) is 0. The fourth-order valence-corrected chi connectivity index (χ4v) is 3.39. The fourth-order valence-electron chi connectivity index (χ4n) is 3.39. The van der Waals surface area contributed by atoms with Crippen LogP contribution in [0.15, 0.2) is 41.3 Å². The average Bonchev–Trinajstić information content (AvgIpc) is 2.90. The van der Waals surface area contributed by atoms with Gasteiger partial charge in [-0.3, -0.25) is 13.9 Å². The maximum absolute atomic E-state index is 13.0. The summed E-state index contributed by atoms with van der Waals surface area (Å²) >= 11 is 0. The van der Waals surface area contributed by atoms with Gasteiger partial charge in [0, 0.05) is 18.8 Å². The number of benzene rings is 1. The van der Waals surface area contributed by atoms with Crippen LogP contribution in [0.2, 0.25) is 0 Å². The van der Waals surface area contributed by atoms with Gasteiger partial charge >= 0.3 is 11.9 Å². The Morgan fingerprint density at radius 2 is 1.87 bits per heavy atom. The SMILES string of the molecule is Cn1c(=O)n(CC(=O)N2CC(F)(F)C2)c2cc(-c3cccc(C(F)(F)F)c3)cnc21. The number of nitrogens with zero attached hydrogens (tertiary/aromatic N) is 4. The van der Waals surface area contributed by atoms with Crippen LogP contribution in [0.3, 0.4) is 0 Å². The van der Waals surface area contributed by atoms with E-state index in [0.29, 0.717) is 5.56 Å². The molecule has 3 aromatic rings. The Labute approximate surface area is 166 Å². The van der Waals surface area contributed by atoms with Crippen LogP contribution in [0.1, 0.15) is 5.56 Å². The van der Waals surface area contributed by atoms with Crippen LogP contribution in [0.25, 0.3) is 22.3 Å². The highest BCUT2D eigenvalue weighted by Gasteiger charge is 2.46. The Hall–Kier alpha value is -3.24. The van der Waals surface area contributed by atoms with Crippen molar-refractivity contribution < 1.29 is 26.7 Å². The van der Waals surface area contributed by atoms with Gasteiger partial charge in [0.1, 0.15) is 6.54 Å². The third-order valence-corrected chi connectivity index (χ3v) is 4.99. The average molecular weight is 426 g/mol. The van der Waals surface area contributed by atoms with Gasteiger partial charge in [0.2, 0.25) is 5.91 Å². The van der Waals surface area contributed by atoms with Crippen LogP contribution >= 0.6 is 0 Å². The minimum atomic E-state index is -4.52.